The van der Waals surface area contributed by atoms with E-state index in [1.165, 1.54) is 0 Å². The highest BCUT2D eigenvalue weighted by Gasteiger charge is 1.80. The zero-order valence-electron chi connectivity index (χ0n) is 9.65. The molecule has 0 spiro atoms. The molecule has 1 heteroatoms. The van der Waals surface area contributed by atoms with Crippen molar-refractivity contribution in [1.29, 1.82) is 0 Å². The molecule has 0 aromatic carbocycles. The SMILES string of the molecule is C=C(Cl)/C=C\C(=C)CC.CC.CC. The first-order valence-corrected chi connectivity index (χ1v) is 5.25. The molecule has 0 radical (unpaired) electrons. The van der Waals surface area contributed by atoms with Crippen LogP contribution in [0.15, 0.2) is 35.9 Å². The van der Waals surface area contributed by atoms with Crippen molar-refractivity contribution >= 4 is 11.6 Å². The van der Waals surface area contributed by atoms with Gasteiger partial charge in [-0.1, -0.05) is 71.0 Å². The predicted octanol–water partition coefficient (Wildman–Crippen LogP) is 5.31. The fraction of sp³-hybridized carbons (Fsp3) is 0.500. The van der Waals surface area contributed by atoms with Gasteiger partial charge in [0.25, 0.3) is 0 Å². The van der Waals surface area contributed by atoms with Crippen molar-refractivity contribution in [3.8, 4) is 0 Å². The highest BCUT2D eigenvalue weighted by molar-refractivity contribution is 6.30. The molecule has 0 nitrogen and oxygen atoms in total. The lowest BCUT2D eigenvalue weighted by atomic mass is 10.2. The first-order valence-electron chi connectivity index (χ1n) is 4.87. The van der Waals surface area contributed by atoms with Crippen LogP contribution >= 0.6 is 11.6 Å². The zero-order valence-corrected chi connectivity index (χ0v) is 10.4. The maximum Gasteiger partial charge on any atom is 0.0334 e. The van der Waals surface area contributed by atoms with Crippen LogP contribution < -0.4 is 0 Å². The molecule has 0 rings (SSSR count). The monoisotopic (exact) mass is 202 g/mol. The van der Waals surface area contributed by atoms with Gasteiger partial charge in [0.15, 0.2) is 0 Å². The smallest absolute Gasteiger partial charge is 0.0334 e. The molecule has 78 valence electrons. The van der Waals surface area contributed by atoms with E-state index in [9.17, 15) is 0 Å². The summed E-state index contributed by atoms with van der Waals surface area (Å²) in [5.74, 6) is 0. The maximum atomic E-state index is 5.46. The van der Waals surface area contributed by atoms with Crippen LogP contribution in [-0.2, 0) is 0 Å². The summed E-state index contributed by atoms with van der Waals surface area (Å²) in [7, 11) is 0. The van der Waals surface area contributed by atoms with Crippen molar-refractivity contribution in [3.63, 3.8) is 0 Å². The van der Waals surface area contributed by atoms with E-state index >= 15 is 0 Å². The quantitative estimate of drug-likeness (QED) is 0.544. The highest BCUT2D eigenvalue weighted by atomic mass is 35.5. The molecule has 0 unspecified atom stereocenters. The van der Waals surface area contributed by atoms with Gasteiger partial charge in [0.1, 0.15) is 0 Å². The van der Waals surface area contributed by atoms with E-state index in [4.69, 9.17) is 11.6 Å². The van der Waals surface area contributed by atoms with E-state index in [0.29, 0.717) is 5.03 Å². The van der Waals surface area contributed by atoms with Crippen LogP contribution in [0.5, 0.6) is 0 Å². The molecular weight excluding hydrogens is 180 g/mol. The number of hydrogen-bond acceptors (Lipinski definition) is 0. The second-order valence-electron chi connectivity index (χ2n) is 1.79. The molecule has 0 heterocycles. The Morgan fingerprint density at radius 2 is 1.46 bits per heavy atom. The fourth-order valence-corrected chi connectivity index (χ4v) is 0.389. The zero-order chi connectivity index (χ0) is 11.3. The fourth-order valence-electron chi connectivity index (χ4n) is 0.326. The van der Waals surface area contributed by atoms with Crippen molar-refractivity contribution in [3.05, 3.63) is 35.9 Å². The van der Waals surface area contributed by atoms with Crippen molar-refractivity contribution in [1.82, 2.24) is 0 Å². The lowest BCUT2D eigenvalue weighted by molar-refractivity contribution is 1.16. The van der Waals surface area contributed by atoms with Gasteiger partial charge in [-0.05, 0) is 12.5 Å². The van der Waals surface area contributed by atoms with E-state index in [1.54, 1.807) is 6.08 Å². The molecule has 0 aromatic heterocycles. The molecule has 13 heavy (non-hydrogen) atoms. The molecule has 0 aliphatic rings. The number of allylic oxidation sites excluding steroid dienone is 4. The van der Waals surface area contributed by atoms with Crippen LogP contribution in [0, 0.1) is 0 Å². The van der Waals surface area contributed by atoms with Crippen molar-refractivity contribution in [2.45, 2.75) is 41.0 Å². The minimum atomic E-state index is 0.546. The van der Waals surface area contributed by atoms with Crippen molar-refractivity contribution in [2.75, 3.05) is 0 Å². The lowest BCUT2D eigenvalue weighted by Gasteiger charge is -1.88. The molecule has 0 fully saturated rings. The average molecular weight is 203 g/mol. The molecule has 0 bridgehead atoms. The molecule has 0 atom stereocenters. The van der Waals surface area contributed by atoms with Crippen LogP contribution in [-0.4, -0.2) is 0 Å². The number of rotatable bonds is 3. The summed E-state index contributed by atoms with van der Waals surface area (Å²) in [5.41, 5.74) is 1.07. The van der Waals surface area contributed by atoms with Gasteiger partial charge in [-0.2, -0.15) is 0 Å². The van der Waals surface area contributed by atoms with Gasteiger partial charge >= 0.3 is 0 Å². The van der Waals surface area contributed by atoms with Crippen LogP contribution in [0.2, 0.25) is 0 Å². The van der Waals surface area contributed by atoms with Gasteiger partial charge in [-0.15, -0.1) is 0 Å². The first-order chi connectivity index (χ1) is 6.16. The second-order valence-corrected chi connectivity index (χ2v) is 2.28. The van der Waals surface area contributed by atoms with E-state index in [2.05, 4.69) is 13.2 Å². The van der Waals surface area contributed by atoms with E-state index in [1.807, 2.05) is 40.7 Å². The Morgan fingerprint density at radius 1 is 1.08 bits per heavy atom. The number of hydrogen-bond donors (Lipinski definition) is 0. The third-order valence-electron chi connectivity index (χ3n) is 0.954. The van der Waals surface area contributed by atoms with Crippen LogP contribution in [0.3, 0.4) is 0 Å². The van der Waals surface area contributed by atoms with Crippen LogP contribution in [0.25, 0.3) is 0 Å². The lowest BCUT2D eigenvalue weighted by Crippen LogP contribution is -1.67. The summed E-state index contributed by atoms with van der Waals surface area (Å²) in [6.45, 7) is 17.3. The predicted molar refractivity (Wildman–Crippen MR) is 66.3 cm³/mol. The van der Waals surface area contributed by atoms with E-state index < -0.39 is 0 Å². The molecule has 0 aliphatic carbocycles. The minimum absolute atomic E-state index is 0.546. The Bertz CT molecular complexity index is 143. The Kier molecular flexibility index (Phi) is 24.7. The van der Waals surface area contributed by atoms with Crippen molar-refractivity contribution < 1.29 is 0 Å². The van der Waals surface area contributed by atoms with Crippen LogP contribution in [0.1, 0.15) is 41.0 Å². The van der Waals surface area contributed by atoms with Gasteiger partial charge < -0.3 is 0 Å². The largest absolute Gasteiger partial charge is 0.0958 e. The molecule has 0 saturated carbocycles. The molecular formula is C12H23Cl. The first kappa shape index (κ1) is 18.3. The Labute approximate surface area is 89.0 Å². The summed E-state index contributed by atoms with van der Waals surface area (Å²) < 4.78 is 0. The third kappa shape index (κ3) is 24.6. The Hall–Kier alpha value is -0.490. The highest BCUT2D eigenvalue weighted by Crippen LogP contribution is 2.03. The molecule has 0 saturated heterocycles. The normalized spacial score (nSPS) is 7.85. The molecule has 0 aliphatic heterocycles. The average Bonchev–Trinajstić information content (AvgIpc) is 2.20. The number of halogens is 1. The standard InChI is InChI=1S/C8H11Cl.2C2H6/c1-4-7(2)5-6-8(3)9;2*1-2/h5-6H,2-4H2,1H3;2*1-2H3/b6-5-;;. The topological polar surface area (TPSA) is 0 Å². The van der Waals surface area contributed by atoms with E-state index in [-0.39, 0.29) is 0 Å². The Morgan fingerprint density at radius 3 is 1.69 bits per heavy atom. The molecule has 0 N–H and O–H groups in total. The van der Waals surface area contributed by atoms with Gasteiger partial charge in [0.05, 0.1) is 0 Å². The summed E-state index contributed by atoms with van der Waals surface area (Å²) in [4.78, 5) is 0. The second kappa shape index (κ2) is 17.6. The van der Waals surface area contributed by atoms with E-state index in [0.717, 1.165) is 12.0 Å². The van der Waals surface area contributed by atoms with Gasteiger partial charge in [0, 0.05) is 5.03 Å². The summed E-state index contributed by atoms with van der Waals surface area (Å²) >= 11 is 5.46. The maximum absolute atomic E-state index is 5.46. The summed E-state index contributed by atoms with van der Waals surface area (Å²) in [6, 6.07) is 0. The van der Waals surface area contributed by atoms with Gasteiger partial charge in [0.2, 0.25) is 0 Å². The van der Waals surface area contributed by atoms with Gasteiger partial charge in [-0.25, -0.2) is 0 Å². The Balaban J connectivity index is -0.000000218. The third-order valence-corrected chi connectivity index (χ3v) is 1.08. The minimum Gasteiger partial charge on any atom is -0.0958 e. The van der Waals surface area contributed by atoms with Gasteiger partial charge in [-0.3, -0.25) is 0 Å². The summed E-state index contributed by atoms with van der Waals surface area (Å²) in [6.07, 6.45) is 4.57. The van der Waals surface area contributed by atoms with Crippen LogP contribution in [0.4, 0.5) is 0 Å². The van der Waals surface area contributed by atoms with Crippen molar-refractivity contribution in [2.24, 2.45) is 0 Å². The molecule has 0 aromatic rings. The molecule has 0 amide bonds. The summed E-state index contributed by atoms with van der Waals surface area (Å²) in [5, 5.41) is 0.546.